The molecule has 0 unspecified atom stereocenters. The van der Waals surface area contributed by atoms with Gasteiger partial charge in [-0.3, -0.25) is 4.79 Å². The van der Waals surface area contributed by atoms with Crippen molar-refractivity contribution in [1.29, 1.82) is 0 Å². The van der Waals surface area contributed by atoms with Gasteiger partial charge in [0, 0.05) is 5.69 Å². The predicted octanol–water partition coefficient (Wildman–Crippen LogP) is 1.78. The highest BCUT2D eigenvalue weighted by Crippen LogP contribution is 2.16. The number of nitrogens with one attached hydrogen (secondary N) is 2. The minimum atomic E-state index is -0.0501. The number of rotatable bonds is 3. The third kappa shape index (κ3) is 3.20. The first-order valence-corrected chi connectivity index (χ1v) is 5.98. The van der Waals surface area contributed by atoms with Crippen LogP contribution in [0.4, 0.5) is 5.69 Å². The van der Waals surface area contributed by atoms with Crippen molar-refractivity contribution in [2.24, 2.45) is 0 Å². The predicted molar refractivity (Wildman–Crippen MR) is 67.3 cm³/mol. The van der Waals surface area contributed by atoms with Crippen LogP contribution >= 0.6 is 0 Å². The first-order chi connectivity index (χ1) is 8.29. The Morgan fingerprint density at radius 1 is 1.35 bits per heavy atom. The zero-order valence-corrected chi connectivity index (χ0v) is 10.0. The van der Waals surface area contributed by atoms with E-state index in [0.717, 1.165) is 37.2 Å². The van der Waals surface area contributed by atoms with Gasteiger partial charge in [-0.1, -0.05) is 6.42 Å². The summed E-state index contributed by atoms with van der Waals surface area (Å²) in [5, 5.41) is 6.13. The lowest BCUT2D eigenvalue weighted by Crippen LogP contribution is -2.43. The standard InChI is InChI=1S/C13H18N2O2/c1-17-11-7-5-10(6-8-11)15-13(16)12-4-2-3-9-14-12/h5-8,12,14H,2-4,9H2,1H3,(H,15,16)/t12-/m0/s1. The second-order valence-corrected chi connectivity index (χ2v) is 4.22. The van der Waals surface area contributed by atoms with Gasteiger partial charge in [-0.05, 0) is 43.7 Å². The minimum absolute atomic E-state index is 0.0501. The summed E-state index contributed by atoms with van der Waals surface area (Å²) in [6.07, 6.45) is 3.20. The molecule has 0 saturated carbocycles. The molecule has 1 aliphatic heterocycles. The molecule has 1 amide bonds. The topological polar surface area (TPSA) is 50.4 Å². The molecule has 4 nitrogen and oxygen atoms in total. The molecule has 1 saturated heterocycles. The van der Waals surface area contributed by atoms with Gasteiger partial charge in [0.25, 0.3) is 0 Å². The fourth-order valence-corrected chi connectivity index (χ4v) is 1.98. The fraction of sp³-hybridized carbons (Fsp3) is 0.462. The molecule has 17 heavy (non-hydrogen) atoms. The Bertz CT molecular complexity index is 370. The van der Waals surface area contributed by atoms with E-state index in [1.54, 1.807) is 7.11 Å². The Hall–Kier alpha value is -1.55. The fourth-order valence-electron chi connectivity index (χ4n) is 1.98. The summed E-state index contributed by atoms with van der Waals surface area (Å²) in [4.78, 5) is 11.9. The third-order valence-electron chi connectivity index (χ3n) is 2.98. The molecule has 0 aromatic heterocycles. The van der Waals surface area contributed by atoms with Crippen LogP contribution in [0.15, 0.2) is 24.3 Å². The summed E-state index contributed by atoms with van der Waals surface area (Å²) in [5.74, 6) is 0.841. The number of piperidine rings is 1. The highest BCUT2D eigenvalue weighted by atomic mass is 16.5. The number of hydrogen-bond donors (Lipinski definition) is 2. The van der Waals surface area contributed by atoms with E-state index in [1.807, 2.05) is 24.3 Å². The zero-order valence-electron chi connectivity index (χ0n) is 10.0. The number of anilines is 1. The van der Waals surface area contributed by atoms with Crippen LogP contribution < -0.4 is 15.4 Å². The molecule has 2 rings (SSSR count). The second-order valence-electron chi connectivity index (χ2n) is 4.22. The maximum Gasteiger partial charge on any atom is 0.241 e. The molecule has 1 heterocycles. The van der Waals surface area contributed by atoms with Crippen molar-refractivity contribution >= 4 is 11.6 Å². The molecular formula is C13H18N2O2. The van der Waals surface area contributed by atoms with Gasteiger partial charge in [-0.15, -0.1) is 0 Å². The molecule has 1 aliphatic rings. The Labute approximate surface area is 101 Å². The molecular weight excluding hydrogens is 216 g/mol. The quantitative estimate of drug-likeness (QED) is 0.838. The number of carbonyl (C=O) groups excluding carboxylic acids is 1. The summed E-state index contributed by atoms with van der Waals surface area (Å²) >= 11 is 0. The van der Waals surface area contributed by atoms with Gasteiger partial charge in [-0.2, -0.15) is 0 Å². The largest absolute Gasteiger partial charge is 0.497 e. The first-order valence-electron chi connectivity index (χ1n) is 5.98. The number of amides is 1. The summed E-state index contributed by atoms with van der Waals surface area (Å²) in [6, 6.07) is 7.32. The Morgan fingerprint density at radius 2 is 2.12 bits per heavy atom. The third-order valence-corrected chi connectivity index (χ3v) is 2.98. The highest BCUT2D eigenvalue weighted by molar-refractivity contribution is 5.94. The highest BCUT2D eigenvalue weighted by Gasteiger charge is 2.20. The molecule has 1 aromatic rings. The maximum absolute atomic E-state index is 11.9. The van der Waals surface area contributed by atoms with Crippen LogP contribution in [0.1, 0.15) is 19.3 Å². The Kier molecular flexibility index (Phi) is 3.98. The minimum Gasteiger partial charge on any atom is -0.497 e. The van der Waals surface area contributed by atoms with Crippen LogP contribution in [0, 0.1) is 0 Å². The average Bonchev–Trinajstić information content (AvgIpc) is 2.40. The van der Waals surface area contributed by atoms with E-state index in [4.69, 9.17) is 4.74 Å². The number of carbonyl (C=O) groups is 1. The van der Waals surface area contributed by atoms with Crippen molar-refractivity contribution in [2.45, 2.75) is 25.3 Å². The summed E-state index contributed by atoms with van der Waals surface area (Å²) in [6.45, 7) is 0.931. The molecule has 1 atom stereocenters. The number of hydrogen-bond acceptors (Lipinski definition) is 3. The molecule has 0 aliphatic carbocycles. The van der Waals surface area contributed by atoms with Crippen molar-refractivity contribution in [2.75, 3.05) is 19.0 Å². The number of methoxy groups -OCH3 is 1. The van der Waals surface area contributed by atoms with E-state index in [0.29, 0.717) is 0 Å². The first kappa shape index (κ1) is 11.9. The molecule has 0 spiro atoms. The monoisotopic (exact) mass is 234 g/mol. The van der Waals surface area contributed by atoms with Crippen LogP contribution in [0.25, 0.3) is 0 Å². The molecule has 0 radical (unpaired) electrons. The number of ether oxygens (including phenoxy) is 1. The van der Waals surface area contributed by atoms with Gasteiger partial charge >= 0.3 is 0 Å². The van der Waals surface area contributed by atoms with Crippen molar-refractivity contribution in [3.8, 4) is 5.75 Å². The summed E-state index contributed by atoms with van der Waals surface area (Å²) < 4.78 is 5.07. The molecule has 2 N–H and O–H groups in total. The van der Waals surface area contributed by atoms with E-state index in [-0.39, 0.29) is 11.9 Å². The van der Waals surface area contributed by atoms with Crippen LogP contribution in [0.2, 0.25) is 0 Å². The van der Waals surface area contributed by atoms with E-state index < -0.39 is 0 Å². The molecule has 0 bridgehead atoms. The SMILES string of the molecule is COc1ccc(NC(=O)[C@@H]2CCCCN2)cc1. The van der Waals surface area contributed by atoms with Gasteiger partial charge in [0.05, 0.1) is 13.2 Å². The van der Waals surface area contributed by atoms with E-state index in [9.17, 15) is 4.79 Å². The maximum atomic E-state index is 11.9. The van der Waals surface area contributed by atoms with Crippen molar-refractivity contribution in [1.82, 2.24) is 5.32 Å². The van der Waals surface area contributed by atoms with Crippen molar-refractivity contribution in [3.05, 3.63) is 24.3 Å². The van der Waals surface area contributed by atoms with Gasteiger partial charge in [0.15, 0.2) is 0 Å². The summed E-state index contributed by atoms with van der Waals surface area (Å²) in [7, 11) is 1.62. The van der Waals surface area contributed by atoms with E-state index in [2.05, 4.69) is 10.6 Å². The van der Waals surface area contributed by atoms with Crippen molar-refractivity contribution in [3.63, 3.8) is 0 Å². The van der Waals surface area contributed by atoms with E-state index >= 15 is 0 Å². The lowest BCUT2D eigenvalue weighted by molar-refractivity contribution is -0.118. The molecule has 1 fully saturated rings. The molecule has 4 heteroatoms. The number of benzene rings is 1. The van der Waals surface area contributed by atoms with Gasteiger partial charge in [-0.25, -0.2) is 0 Å². The van der Waals surface area contributed by atoms with Gasteiger partial charge < -0.3 is 15.4 Å². The normalized spacial score (nSPS) is 19.7. The molecule has 92 valence electrons. The Balaban J connectivity index is 1.92. The smallest absolute Gasteiger partial charge is 0.241 e. The summed E-state index contributed by atoms with van der Waals surface area (Å²) in [5.41, 5.74) is 0.808. The van der Waals surface area contributed by atoms with Crippen LogP contribution in [-0.2, 0) is 4.79 Å². The average molecular weight is 234 g/mol. The van der Waals surface area contributed by atoms with Crippen LogP contribution in [-0.4, -0.2) is 25.6 Å². The van der Waals surface area contributed by atoms with Gasteiger partial charge in [0.2, 0.25) is 5.91 Å². The molecule has 1 aromatic carbocycles. The zero-order chi connectivity index (χ0) is 12.1. The van der Waals surface area contributed by atoms with E-state index in [1.165, 1.54) is 0 Å². The Morgan fingerprint density at radius 3 is 2.71 bits per heavy atom. The van der Waals surface area contributed by atoms with Gasteiger partial charge in [0.1, 0.15) is 5.75 Å². The lowest BCUT2D eigenvalue weighted by atomic mass is 10.0. The van der Waals surface area contributed by atoms with Crippen molar-refractivity contribution < 1.29 is 9.53 Å². The van der Waals surface area contributed by atoms with Crippen LogP contribution in [0.3, 0.4) is 0 Å². The lowest BCUT2D eigenvalue weighted by Gasteiger charge is -2.22. The second kappa shape index (κ2) is 5.68. The van der Waals surface area contributed by atoms with Crippen LogP contribution in [0.5, 0.6) is 5.75 Å².